The number of rotatable bonds is 5. The molecule has 3 amide bonds. The lowest BCUT2D eigenvalue weighted by Gasteiger charge is -2.25. The molecule has 7 nitrogen and oxygen atoms in total. The number of imide groups is 1. The average molecular weight is 406 g/mol. The second kappa shape index (κ2) is 7.56. The van der Waals surface area contributed by atoms with Gasteiger partial charge in [0.1, 0.15) is 11.0 Å². The van der Waals surface area contributed by atoms with Gasteiger partial charge in [0.15, 0.2) is 0 Å². The molecular formula is C21H18N4O3S. The van der Waals surface area contributed by atoms with Crippen molar-refractivity contribution in [2.75, 3.05) is 5.32 Å². The van der Waals surface area contributed by atoms with E-state index in [1.807, 2.05) is 13.8 Å². The van der Waals surface area contributed by atoms with Crippen LogP contribution in [-0.4, -0.2) is 32.8 Å². The van der Waals surface area contributed by atoms with E-state index in [4.69, 9.17) is 0 Å². The van der Waals surface area contributed by atoms with Gasteiger partial charge in [-0.05, 0) is 17.7 Å². The first-order chi connectivity index (χ1) is 14.0. The van der Waals surface area contributed by atoms with Crippen LogP contribution in [0.4, 0.5) is 5.13 Å². The minimum absolute atomic E-state index is 0.180. The molecule has 0 aliphatic carbocycles. The van der Waals surface area contributed by atoms with Crippen molar-refractivity contribution in [1.29, 1.82) is 0 Å². The van der Waals surface area contributed by atoms with Gasteiger partial charge >= 0.3 is 0 Å². The van der Waals surface area contributed by atoms with Crippen molar-refractivity contribution in [2.24, 2.45) is 0 Å². The van der Waals surface area contributed by atoms with Crippen LogP contribution in [0.15, 0.2) is 54.6 Å². The number of aromatic nitrogens is 2. The largest absolute Gasteiger partial charge is 0.298 e. The lowest BCUT2D eigenvalue weighted by molar-refractivity contribution is -0.120. The lowest BCUT2D eigenvalue weighted by Crippen LogP contribution is -2.41. The third-order valence-corrected chi connectivity index (χ3v) is 5.75. The van der Waals surface area contributed by atoms with Crippen LogP contribution in [0.25, 0.3) is 0 Å². The lowest BCUT2D eigenvalue weighted by atomic mass is 10.0. The smallest absolute Gasteiger partial charge is 0.262 e. The first-order valence-corrected chi connectivity index (χ1v) is 9.95. The summed E-state index contributed by atoms with van der Waals surface area (Å²) >= 11 is 1.27. The fourth-order valence-electron chi connectivity index (χ4n) is 3.19. The van der Waals surface area contributed by atoms with Crippen molar-refractivity contribution >= 4 is 34.2 Å². The molecule has 1 N–H and O–H groups in total. The minimum Gasteiger partial charge on any atom is -0.298 e. The third-order valence-electron chi connectivity index (χ3n) is 4.61. The fourth-order valence-corrected chi connectivity index (χ4v) is 3.94. The number of nitrogens with one attached hydrogen (secondary N) is 1. The number of hydrogen-bond acceptors (Lipinski definition) is 6. The van der Waals surface area contributed by atoms with Crippen LogP contribution >= 0.6 is 11.3 Å². The van der Waals surface area contributed by atoms with E-state index in [1.54, 1.807) is 54.6 Å². The molecule has 4 rings (SSSR count). The third kappa shape index (κ3) is 3.42. The van der Waals surface area contributed by atoms with Crippen molar-refractivity contribution in [1.82, 2.24) is 15.1 Å². The number of carbonyl (C=O) groups is 3. The highest BCUT2D eigenvalue weighted by Crippen LogP contribution is 2.33. The summed E-state index contributed by atoms with van der Waals surface area (Å²) in [5.41, 5.74) is 1.13. The van der Waals surface area contributed by atoms with E-state index >= 15 is 0 Å². The van der Waals surface area contributed by atoms with Crippen LogP contribution in [0, 0.1) is 0 Å². The van der Waals surface area contributed by atoms with E-state index in [0.29, 0.717) is 21.8 Å². The van der Waals surface area contributed by atoms with Crippen LogP contribution in [0.2, 0.25) is 0 Å². The zero-order chi connectivity index (χ0) is 20.5. The summed E-state index contributed by atoms with van der Waals surface area (Å²) in [6.07, 6.45) is 0. The highest BCUT2D eigenvalue weighted by atomic mass is 32.1. The molecule has 1 aliphatic rings. The van der Waals surface area contributed by atoms with Crippen molar-refractivity contribution in [2.45, 2.75) is 25.8 Å². The van der Waals surface area contributed by atoms with Gasteiger partial charge in [0.2, 0.25) is 5.13 Å². The Hall–Kier alpha value is -3.39. The van der Waals surface area contributed by atoms with Gasteiger partial charge in [0.25, 0.3) is 17.7 Å². The van der Waals surface area contributed by atoms with Crippen LogP contribution in [0.5, 0.6) is 0 Å². The molecule has 29 heavy (non-hydrogen) atoms. The molecule has 1 aromatic heterocycles. The maximum atomic E-state index is 13.2. The molecular weight excluding hydrogens is 388 g/mol. The second-order valence-electron chi connectivity index (χ2n) is 6.93. The number of nitrogens with zero attached hydrogens (tertiary/aromatic N) is 3. The standard InChI is InChI=1S/C21H18N4O3S/c1-12(2)18-23-24-21(29-18)22-17(26)16(13-8-4-3-5-9-13)25-19(27)14-10-6-7-11-15(14)20(25)28/h3-12,16H,1-2H3,(H,22,24,26). The summed E-state index contributed by atoms with van der Waals surface area (Å²) in [4.78, 5) is 40.2. The number of amides is 3. The molecule has 0 spiro atoms. The minimum atomic E-state index is -1.12. The molecule has 0 saturated carbocycles. The van der Waals surface area contributed by atoms with E-state index in [-0.39, 0.29) is 5.92 Å². The normalized spacial score (nSPS) is 14.2. The zero-order valence-corrected chi connectivity index (χ0v) is 16.6. The molecule has 1 unspecified atom stereocenters. The van der Waals surface area contributed by atoms with E-state index in [9.17, 15) is 14.4 Å². The SMILES string of the molecule is CC(C)c1nnc(NC(=O)C(c2ccccc2)N2C(=O)c3ccccc3C2=O)s1. The molecule has 2 heterocycles. The first-order valence-electron chi connectivity index (χ1n) is 9.13. The summed E-state index contributed by atoms with van der Waals surface area (Å²) in [7, 11) is 0. The number of benzene rings is 2. The molecule has 1 atom stereocenters. The quantitative estimate of drug-likeness (QED) is 0.653. The highest BCUT2D eigenvalue weighted by molar-refractivity contribution is 7.15. The number of carbonyl (C=O) groups excluding carboxylic acids is 3. The fraction of sp³-hybridized carbons (Fsp3) is 0.190. The van der Waals surface area contributed by atoms with E-state index in [0.717, 1.165) is 9.91 Å². The Morgan fingerprint density at radius 1 is 0.931 bits per heavy atom. The molecule has 2 aromatic carbocycles. The predicted octanol–water partition coefficient (Wildman–Crippen LogP) is 3.64. The van der Waals surface area contributed by atoms with Crippen molar-refractivity contribution in [3.8, 4) is 0 Å². The maximum absolute atomic E-state index is 13.2. The van der Waals surface area contributed by atoms with Crippen LogP contribution < -0.4 is 5.32 Å². The van der Waals surface area contributed by atoms with E-state index in [1.165, 1.54) is 11.3 Å². The second-order valence-corrected chi connectivity index (χ2v) is 7.94. The molecule has 1 aliphatic heterocycles. The van der Waals surface area contributed by atoms with Gasteiger partial charge in [0.05, 0.1) is 11.1 Å². The Morgan fingerprint density at radius 2 is 1.52 bits per heavy atom. The number of anilines is 1. The summed E-state index contributed by atoms with van der Waals surface area (Å²) < 4.78 is 0. The molecule has 3 aromatic rings. The molecule has 0 fully saturated rings. The monoisotopic (exact) mass is 406 g/mol. The van der Waals surface area contributed by atoms with Crippen molar-refractivity contribution < 1.29 is 14.4 Å². The topological polar surface area (TPSA) is 92.3 Å². The van der Waals surface area contributed by atoms with Gasteiger partial charge in [-0.1, -0.05) is 67.6 Å². The maximum Gasteiger partial charge on any atom is 0.262 e. The summed E-state index contributed by atoms with van der Waals surface area (Å²) in [5, 5.41) is 11.9. The Bertz CT molecular complexity index is 1060. The van der Waals surface area contributed by atoms with Crippen LogP contribution in [-0.2, 0) is 4.79 Å². The Balaban J connectivity index is 1.70. The summed E-state index contributed by atoms with van der Waals surface area (Å²) in [6, 6.07) is 14.2. The highest BCUT2D eigenvalue weighted by Gasteiger charge is 2.43. The Morgan fingerprint density at radius 3 is 2.07 bits per heavy atom. The molecule has 146 valence electrons. The molecule has 8 heteroatoms. The summed E-state index contributed by atoms with van der Waals surface area (Å²) in [6.45, 7) is 3.97. The molecule has 0 radical (unpaired) electrons. The van der Waals surface area contributed by atoms with Gasteiger partial charge in [-0.15, -0.1) is 10.2 Å². The molecule has 0 bridgehead atoms. The van der Waals surface area contributed by atoms with Crippen LogP contribution in [0.3, 0.4) is 0 Å². The van der Waals surface area contributed by atoms with Crippen molar-refractivity contribution in [3.63, 3.8) is 0 Å². The zero-order valence-electron chi connectivity index (χ0n) is 15.8. The van der Waals surface area contributed by atoms with Gasteiger partial charge in [0, 0.05) is 5.92 Å². The van der Waals surface area contributed by atoms with Gasteiger partial charge in [-0.25, -0.2) is 0 Å². The van der Waals surface area contributed by atoms with E-state index < -0.39 is 23.8 Å². The van der Waals surface area contributed by atoms with Crippen LogP contribution in [0.1, 0.15) is 57.1 Å². The van der Waals surface area contributed by atoms with E-state index in [2.05, 4.69) is 15.5 Å². The molecule has 0 saturated heterocycles. The number of hydrogen-bond donors (Lipinski definition) is 1. The average Bonchev–Trinajstić information content (AvgIpc) is 3.28. The summed E-state index contributed by atoms with van der Waals surface area (Å²) in [5.74, 6) is -1.32. The van der Waals surface area contributed by atoms with Gasteiger partial charge in [-0.3, -0.25) is 24.6 Å². The van der Waals surface area contributed by atoms with Crippen molar-refractivity contribution in [3.05, 3.63) is 76.3 Å². The predicted molar refractivity (Wildman–Crippen MR) is 109 cm³/mol. The van der Waals surface area contributed by atoms with Gasteiger partial charge < -0.3 is 0 Å². The number of fused-ring (bicyclic) bond motifs is 1. The Kier molecular flexibility index (Phi) is 4.94. The Labute approximate surface area is 171 Å². The van der Waals surface area contributed by atoms with Gasteiger partial charge in [-0.2, -0.15) is 0 Å². The first kappa shape index (κ1) is 18.9.